The second-order valence-electron chi connectivity index (χ2n) is 6.07. The first-order valence-electron chi connectivity index (χ1n) is 8.31. The Balaban J connectivity index is 1.80. The molecule has 1 aromatic heterocycles. The molecule has 1 saturated heterocycles. The average Bonchev–Trinajstić information content (AvgIpc) is 2.90. The number of ether oxygens (including phenoxy) is 1. The lowest BCUT2D eigenvalue weighted by atomic mass is 10.1. The van der Waals surface area contributed by atoms with Crippen LogP contribution in [0.5, 0.6) is 0 Å². The summed E-state index contributed by atoms with van der Waals surface area (Å²) in [6.07, 6.45) is -0.333. The fraction of sp³-hybridized carbons (Fsp3) is 0.474. The molecule has 3 nitrogen and oxygen atoms in total. The van der Waals surface area contributed by atoms with Crippen LogP contribution in [-0.4, -0.2) is 30.2 Å². The third-order valence-electron chi connectivity index (χ3n) is 4.36. The van der Waals surface area contributed by atoms with E-state index in [2.05, 4.69) is 23.2 Å². The maximum absolute atomic E-state index is 12.9. The van der Waals surface area contributed by atoms with Gasteiger partial charge in [-0.05, 0) is 49.4 Å². The number of aromatic nitrogens is 1. The molecule has 0 unspecified atom stereocenters. The van der Waals surface area contributed by atoms with Gasteiger partial charge in [0, 0.05) is 36.7 Å². The molecule has 1 aromatic carbocycles. The topological polar surface area (TPSA) is 26.2 Å². The van der Waals surface area contributed by atoms with E-state index in [9.17, 15) is 8.78 Å². The van der Waals surface area contributed by atoms with Gasteiger partial charge in [-0.25, -0.2) is 8.78 Å². The van der Waals surface area contributed by atoms with Crippen molar-refractivity contribution in [1.82, 2.24) is 9.88 Å². The van der Waals surface area contributed by atoms with Crippen LogP contribution in [0.4, 0.5) is 8.78 Å². The number of nitrogens with one attached hydrogen (secondary N) is 1. The molecule has 0 saturated carbocycles. The van der Waals surface area contributed by atoms with Crippen LogP contribution in [0.25, 0.3) is 10.9 Å². The summed E-state index contributed by atoms with van der Waals surface area (Å²) in [5.41, 5.74) is 2.60. The van der Waals surface area contributed by atoms with Crippen LogP contribution >= 0.6 is 0 Å². The molecule has 24 heavy (non-hydrogen) atoms. The number of alkyl halides is 2. The van der Waals surface area contributed by atoms with Crippen molar-refractivity contribution in [2.75, 3.05) is 13.2 Å². The second kappa shape index (κ2) is 7.78. The van der Waals surface area contributed by atoms with Gasteiger partial charge in [-0.15, -0.1) is 0 Å². The van der Waals surface area contributed by atoms with Crippen LogP contribution in [0.3, 0.4) is 0 Å². The fourth-order valence-corrected chi connectivity index (χ4v) is 3.16. The van der Waals surface area contributed by atoms with Crippen molar-refractivity contribution in [2.24, 2.45) is 0 Å². The van der Waals surface area contributed by atoms with E-state index in [4.69, 9.17) is 4.74 Å². The second-order valence-corrected chi connectivity index (χ2v) is 6.07. The summed E-state index contributed by atoms with van der Waals surface area (Å²) in [6.45, 7) is 3.79. The molecule has 1 N–H and O–H groups in total. The molecule has 0 radical (unpaired) electrons. The lowest BCUT2D eigenvalue weighted by molar-refractivity contribution is 0.0776. The van der Waals surface area contributed by atoms with E-state index in [0.29, 0.717) is 11.7 Å². The van der Waals surface area contributed by atoms with Gasteiger partial charge >= 0.3 is 0 Å². The number of rotatable bonds is 5. The SMILES string of the molecule is CC#Cc1cc2cc(CNC3CCOCC3)ccc2n1CC(F)F. The van der Waals surface area contributed by atoms with E-state index >= 15 is 0 Å². The van der Waals surface area contributed by atoms with Crippen molar-refractivity contribution >= 4 is 10.9 Å². The highest BCUT2D eigenvalue weighted by Gasteiger charge is 2.14. The number of nitrogens with zero attached hydrogens (tertiary/aromatic N) is 1. The average molecular weight is 332 g/mol. The Labute approximate surface area is 141 Å². The van der Waals surface area contributed by atoms with Crippen LogP contribution in [0.2, 0.25) is 0 Å². The molecule has 0 spiro atoms. The first-order valence-corrected chi connectivity index (χ1v) is 8.31. The molecular formula is C19H22F2N2O. The normalized spacial score (nSPS) is 15.7. The van der Waals surface area contributed by atoms with Crippen molar-refractivity contribution in [2.45, 2.75) is 45.3 Å². The zero-order valence-electron chi connectivity index (χ0n) is 13.8. The minimum Gasteiger partial charge on any atom is -0.381 e. The molecule has 2 heterocycles. The predicted molar refractivity (Wildman–Crippen MR) is 91.2 cm³/mol. The van der Waals surface area contributed by atoms with Crippen molar-refractivity contribution < 1.29 is 13.5 Å². The summed E-state index contributed by atoms with van der Waals surface area (Å²) >= 11 is 0. The quantitative estimate of drug-likeness (QED) is 0.848. The van der Waals surface area contributed by atoms with Crippen molar-refractivity contribution in [3.05, 3.63) is 35.5 Å². The summed E-state index contributed by atoms with van der Waals surface area (Å²) < 4.78 is 32.7. The minimum atomic E-state index is -2.40. The Morgan fingerprint density at radius 2 is 2.08 bits per heavy atom. The van der Waals surface area contributed by atoms with Crippen LogP contribution in [-0.2, 0) is 17.8 Å². The van der Waals surface area contributed by atoms with E-state index < -0.39 is 6.43 Å². The minimum absolute atomic E-state index is 0.326. The smallest absolute Gasteiger partial charge is 0.256 e. The van der Waals surface area contributed by atoms with E-state index in [1.807, 2.05) is 18.2 Å². The van der Waals surface area contributed by atoms with Gasteiger partial charge in [0.05, 0.1) is 12.2 Å². The molecule has 0 aliphatic carbocycles. The number of benzene rings is 1. The molecule has 3 rings (SSSR count). The standard InChI is InChI=1S/C19H22F2N2O/c1-2-3-17-11-15-10-14(12-22-16-6-8-24-9-7-16)4-5-18(15)23(17)13-19(20)21/h4-5,10-11,16,19,22H,6-9,12-13H2,1H3. The summed E-state index contributed by atoms with van der Waals surface area (Å²) in [4.78, 5) is 0. The Morgan fingerprint density at radius 3 is 2.79 bits per heavy atom. The van der Waals surface area contributed by atoms with Crippen LogP contribution < -0.4 is 5.32 Å². The van der Waals surface area contributed by atoms with E-state index in [1.54, 1.807) is 11.5 Å². The monoisotopic (exact) mass is 332 g/mol. The first kappa shape index (κ1) is 16.9. The van der Waals surface area contributed by atoms with Gasteiger partial charge in [-0.3, -0.25) is 0 Å². The molecule has 1 aliphatic rings. The fourth-order valence-electron chi connectivity index (χ4n) is 3.16. The van der Waals surface area contributed by atoms with E-state index in [1.165, 1.54) is 0 Å². The zero-order chi connectivity index (χ0) is 16.9. The molecule has 0 atom stereocenters. The maximum atomic E-state index is 12.9. The number of hydrogen-bond acceptors (Lipinski definition) is 2. The molecule has 1 fully saturated rings. The molecule has 1 aliphatic heterocycles. The molecule has 2 aromatic rings. The van der Waals surface area contributed by atoms with Gasteiger partial charge in [0.1, 0.15) is 0 Å². The molecule has 5 heteroatoms. The van der Waals surface area contributed by atoms with Gasteiger partial charge in [-0.1, -0.05) is 12.0 Å². The summed E-state index contributed by atoms with van der Waals surface area (Å²) in [5, 5.41) is 4.50. The Hall–Kier alpha value is -1.90. The van der Waals surface area contributed by atoms with E-state index in [0.717, 1.165) is 49.1 Å². The highest BCUT2D eigenvalue weighted by molar-refractivity contribution is 5.83. The zero-order valence-corrected chi connectivity index (χ0v) is 13.8. The van der Waals surface area contributed by atoms with Crippen molar-refractivity contribution in [3.8, 4) is 11.8 Å². The first-order chi connectivity index (χ1) is 11.7. The summed E-state index contributed by atoms with van der Waals surface area (Å²) in [6, 6.07) is 8.36. The highest BCUT2D eigenvalue weighted by Crippen LogP contribution is 2.22. The third-order valence-corrected chi connectivity index (χ3v) is 4.36. The molecule has 0 amide bonds. The van der Waals surface area contributed by atoms with Gasteiger partial charge in [0.25, 0.3) is 6.43 Å². The van der Waals surface area contributed by atoms with Crippen molar-refractivity contribution in [3.63, 3.8) is 0 Å². The van der Waals surface area contributed by atoms with Gasteiger partial charge < -0.3 is 14.6 Å². The Bertz CT molecular complexity index is 752. The van der Waals surface area contributed by atoms with Crippen LogP contribution in [0, 0.1) is 11.8 Å². The van der Waals surface area contributed by atoms with Crippen LogP contribution in [0.1, 0.15) is 31.0 Å². The number of hydrogen-bond donors (Lipinski definition) is 1. The van der Waals surface area contributed by atoms with Crippen LogP contribution in [0.15, 0.2) is 24.3 Å². The number of fused-ring (bicyclic) bond motifs is 1. The van der Waals surface area contributed by atoms with Crippen molar-refractivity contribution in [1.29, 1.82) is 0 Å². The molecular weight excluding hydrogens is 310 g/mol. The third kappa shape index (κ3) is 3.95. The van der Waals surface area contributed by atoms with E-state index in [-0.39, 0.29) is 6.54 Å². The Kier molecular flexibility index (Phi) is 5.49. The Morgan fingerprint density at radius 1 is 1.29 bits per heavy atom. The predicted octanol–water partition coefficient (Wildman–Crippen LogP) is 3.55. The maximum Gasteiger partial charge on any atom is 0.256 e. The lowest BCUT2D eigenvalue weighted by Crippen LogP contribution is -2.34. The van der Waals surface area contributed by atoms with Gasteiger partial charge in [0.15, 0.2) is 0 Å². The largest absolute Gasteiger partial charge is 0.381 e. The summed E-state index contributed by atoms with van der Waals surface area (Å²) in [5.74, 6) is 5.73. The molecule has 128 valence electrons. The number of halogens is 2. The lowest BCUT2D eigenvalue weighted by Gasteiger charge is -2.23. The van der Waals surface area contributed by atoms with Gasteiger partial charge in [0.2, 0.25) is 0 Å². The molecule has 0 bridgehead atoms. The highest BCUT2D eigenvalue weighted by atomic mass is 19.3. The van der Waals surface area contributed by atoms with Gasteiger partial charge in [-0.2, -0.15) is 0 Å². The summed E-state index contributed by atoms with van der Waals surface area (Å²) in [7, 11) is 0.